The van der Waals surface area contributed by atoms with E-state index < -0.39 is 18.6 Å². The van der Waals surface area contributed by atoms with Crippen LogP contribution < -0.4 is 5.32 Å². The van der Waals surface area contributed by atoms with Gasteiger partial charge in [0, 0.05) is 24.7 Å². The van der Waals surface area contributed by atoms with Gasteiger partial charge in [-0.05, 0) is 50.3 Å². The van der Waals surface area contributed by atoms with Gasteiger partial charge < -0.3 is 19.9 Å². The molecule has 0 atom stereocenters. The molecule has 0 aliphatic heterocycles. The van der Waals surface area contributed by atoms with Crippen molar-refractivity contribution < 1.29 is 18.0 Å². The van der Waals surface area contributed by atoms with Gasteiger partial charge in [0.15, 0.2) is 0 Å². The van der Waals surface area contributed by atoms with Crippen molar-refractivity contribution in [3.8, 4) is 0 Å². The number of hydrogen-bond acceptors (Lipinski definition) is 4. The molecular weight excluding hydrogens is 409 g/mol. The highest BCUT2D eigenvalue weighted by Gasteiger charge is 2.30. The third kappa shape index (κ3) is 4.72. The fraction of sp³-hybridized carbons (Fsp3) is 0.524. The van der Waals surface area contributed by atoms with Gasteiger partial charge in [0.1, 0.15) is 23.5 Å². The number of pyridine rings is 1. The van der Waals surface area contributed by atoms with E-state index in [0.29, 0.717) is 17.3 Å². The van der Waals surface area contributed by atoms with Crippen molar-refractivity contribution in [2.45, 2.75) is 50.7 Å². The third-order valence-corrected chi connectivity index (χ3v) is 5.91. The maximum absolute atomic E-state index is 12.5. The Labute approximate surface area is 177 Å². The first-order valence-corrected chi connectivity index (χ1v) is 10.4. The van der Waals surface area contributed by atoms with Gasteiger partial charge in [0.05, 0.1) is 18.1 Å². The number of imidazole rings is 1. The molecule has 166 valence electrons. The van der Waals surface area contributed by atoms with Gasteiger partial charge in [-0.3, -0.25) is 4.79 Å². The molecule has 1 saturated carbocycles. The molecule has 1 aliphatic rings. The van der Waals surface area contributed by atoms with Crippen LogP contribution in [0.25, 0.3) is 22.1 Å². The number of amides is 1. The molecule has 1 aliphatic carbocycles. The first-order chi connectivity index (χ1) is 14.9. The summed E-state index contributed by atoms with van der Waals surface area (Å²) < 4.78 is 39.6. The summed E-state index contributed by atoms with van der Waals surface area (Å²) in [7, 11) is 1.77. The fourth-order valence-corrected chi connectivity index (χ4v) is 4.46. The van der Waals surface area contributed by atoms with Gasteiger partial charge in [-0.2, -0.15) is 13.2 Å². The van der Waals surface area contributed by atoms with Gasteiger partial charge in [0.25, 0.3) is 0 Å². The molecule has 10 heteroatoms. The number of fused-ring (bicyclic) bond motifs is 3. The van der Waals surface area contributed by atoms with Crippen LogP contribution in [0.1, 0.15) is 44.0 Å². The van der Waals surface area contributed by atoms with E-state index >= 15 is 0 Å². The second kappa shape index (κ2) is 8.68. The van der Waals surface area contributed by atoms with Crippen LogP contribution >= 0.6 is 0 Å². The number of hydrogen-bond donors (Lipinski definition) is 2. The van der Waals surface area contributed by atoms with Gasteiger partial charge >= 0.3 is 6.18 Å². The number of alkyl halides is 3. The molecule has 1 fully saturated rings. The predicted octanol–water partition coefficient (Wildman–Crippen LogP) is 3.96. The number of H-pyrrole nitrogens is 1. The second-order valence-corrected chi connectivity index (χ2v) is 8.05. The first-order valence-electron chi connectivity index (χ1n) is 10.4. The highest BCUT2D eigenvalue weighted by Crippen LogP contribution is 2.37. The normalized spacial score (nSPS) is 20.1. The summed E-state index contributed by atoms with van der Waals surface area (Å²) in [5, 5.41) is 2.85. The summed E-state index contributed by atoms with van der Waals surface area (Å²) in [6.45, 7) is -1.35. The summed E-state index contributed by atoms with van der Waals surface area (Å²) in [5.74, 6) is 0.353. The Bertz CT molecular complexity index is 1090. The first kappa shape index (κ1) is 21.3. The Kier molecular flexibility index (Phi) is 5.97. The number of nitrogens with zero attached hydrogens (tertiary/aromatic N) is 4. The van der Waals surface area contributed by atoms with Crippen molar-refractivity contribution in [1.82, 2.24) is 24.8 Å². The Balaban J connectivity index is 1.65. The molecule has 0 spiro atoms. The largest absolute Gasteiger partial charge is 0.405 e. The molecule has 0 radical (unpaired) electrons. The van der Waals surface area contributed by atoms with Crippen LogP contribution in [0.2, 0.25) is 0 Å². The quantitative estimate of drug-likeness (QED) is 0.576. The smallest absolute Gasteiger partial charge is 0.347 e. The van der Waals surface area contributed by atoms with E-state index in [9.17, 15) is 18.0 Å². The minimum absolute atomic E-state index is 0.130. The molecule has 1 amide bonds. The van der Waals surface area contributed by atoms with Crippen LogP contribution in [0.5, 0.6) is 0 Å². The number of aromatic amines is 1. The van der Waals surface area contributed by atoms with E-state index in [1.54, 1.807) is 19.4 Å². The van der Waals surface area contributed by atoms with Crippen molar-refractivity contribution >= 4 is 34.2 Å². The molecule has 3 aromatic rings. The number of carbonyl (C=O) groups is 1. The maximum atomic E-state index is 12.5. The van der Waals surface area contributed by atoms with Crippen LogP contribution in [0.4, 0.5) is 13.2 Å². The summed E-state index contributed by atoms with van der Waals surface area (Å²) >= 11 is 0. The molecule has 7 nitrogen and oxygen atoms in total. The van der Waals surface area contributed by atoms with Crippen molar-refractivity contribution in [1.29, 1.82) is 0 Å². The van der Waals surface area contributed by atoms with Crippen molar-refractivity contribution in [2.75, 3.05) is 13.6 Å². The van der Waals surface area contributed by atoms with E-state index in [2.05, 4.69) is 24.5 Å². The van der Waals surface area contributed by atoms with Crippen LogP contribution in [0.15, 0.2) is 23.5 Å². The molecule has 0 saturated heterocycles. The number of rotatable bonds is 6. The summed E-state index contributed by atoms with van der Waals surface area (Å²) in [5.41, 5.74) is 2.24. The van der Waals surface area contributed by atoms with Crippen LogP contribution in [-0.2, 0) is 11.2 Å². The molecular formula is C21H25F3N6O. The Hall–Kier alpha value is -2.91. The zero-order valence-corrected chi connectivity index (χ0v) is 17.2. The zero-order valence-electron chi connectivity index (χ0n) is 17.2. The Morgan fingerprint density at radius 2 is 2.13 bits per heavy atom. The third-order valence-electron chi connectivity index (χ3n) is 5.91. The number of aromatic nitrogens is 4. The van der Waals surface area contributed by atoms with Crippen LogP contribution in [-0.4, -0.2) is 51.4 Å². The lowest BCUT2D eigenvalue weighted by Gasteiger charge is -2.30. The molecule has 4 rings (SSSR count). The van der Waals surface area contributed by atoms with Gasteiger partial charge in [-0.15, -0.1) is 0 Å². The lowest BCUT2D eigenvalue weighted by molar-refractivity contribution is -0.138. The minimum atomic E-state index is -4.45. The summed E-state index contributed by atoms with van der Waals surface area (Å²) in [6.07, 6.45) is 5.56. The van der Waals surface area contributed by atoms with Crippen LogP contribution in [0, 0.1) is 5.92 Å². The van der Waals surface area contributed by atoms with Crippen LogP contribution in [0.3, 0.4) is 0 Å². The van der Waals surface area contributed by atoms with E-state index in [1.807, 2.05) is 17.6 Å². The molecule has 0 aromatic carbocycles. The van der Waals surface area contributed by atoms with Gasteiger partial charge in [-0.1, -0.05) is 0 Å². The average Bonchev–Trinajstić information content (AvgIpc) is 3.34. The molecule has 31 heavy (non-hydrogen) atoms. The molecule has 0 bridgehead atoms. The molecule has 3 heterocycles. The fourth-order valence-electron chi connectivity index (χ4n) is 4.46. The predicted molar refractivity (Wildman–Crippen MR) is 112 cm³/mol. The monoisotopic (exact) mass is 434 g/mol. The van der Waals surface area contributed by atoms with E-state index in [0.717, 1.165) is 48.7 Å². The van der Waals surface area contributed by atoms with E-state index in [4.69, 9.17) is 0 Å². The molecule has 3 aromatic heterocycles. The van der Waals surface area contributed by atoms with Gasteiger partial charge in [0.2, 0.25) is 5.91 Å². The van der Waals surface area contributed by atoms with E-state index in [-0.39, 0.29) is 12.5 Å². The Morgan fingerprint density at radius 1 is 1.35 bits per heavy atom. The highest BCUT2D eigenvalue weighted by atomic mass is 19.4. The molecule has 2 N–H and O–H groups in total. The van der Waals surface area contributed by atoms with Crippen molar-refractivity contribution in [3.63, 3.8) is 0 Å². The topological polar surface area (TPSA) is 88.0 Å². The second-order valence-electron chi connectivity index (χ2n) is 8.05. The lowest BCUT2D eigenvalue weighted by atomic mass is 9.84. The molecule has 0 unspecified atom stereocenters. The van der Waals surface area contributed by atoms with Crippen molar-refractivity contribution in [3.05, 3.63) is 24.3 Å². The number of carbonyl (C=O) groups excluding carboxylic acids is 1. The zero-order chi connectivity index (χ0) is 22.0. The summed E-state index contributed by atoms with van der Waals surface area (Å²) in [4.78, 5) is 28.4. The average molecular weight is 434 g/mol. The number of nitrogens with one attached hydrogen (secondary N) is 2. The minimum Gasteiger partial charge on any atom is -0.347 e. The maximum Gasteiger partial charge on any atom is 0.405 e. The standard InChI is InChI=1S/C21H25F3N6O/c1-25-8-6-13-2-4-14(5-3-13)30-17(10-18(31)28-12-21(22,23)24)29-16-11-27-20-15(19(16)30)7-9-26-20/h7-9,11,13-14H,2-6,10,12H2,1H3,(H,26,27)(H,28,31)/b25-8-/t13-,14-. The number of aliphatic imine (C=N–C) groups is 1. The SMILES string of the molecule is C/N=C\C[C@H]1CC[C@H](n2c(CC(=O)NCC(F)(F)F)nc3cnc4[nH]ccc4c32)CC1. The summed E-state index contributed by atoms with van der Waals surface area (Å²) in [6, 6.07) is 2.05. The Morgan fingerprint density at radius 3 is 2.84 bits per heavy atom. The van der Waals surface area contributed by atoms with Gasteiger partial charge in [-0.25, -0.2) is 9.97 Å². The lowest BCUT2D eigenvalue weighted by Crippen LogP contribution is -2.35. The van der Waals surface area contributed by atoms with Crippen molar-refractivity contribution in [2.24, 2.45) is 10.9 Å². The van der Waals surface area contributed by atoms with E-state index in [1.165, 1.54) is 0 Å². The highest BCUT2D eigenvalue weighted by molar-refractivity contribution is 6.01. The number of halogens is 3.